The first-order valence-corrected chi connectivity index (χ1v) is 15.6. The van der Waals surface area contributed by atoms with Crippen LogP contribution in [-0.4, -0.2) is 55.8 Å². The quantitative estimate of drug-likeness (QED) is 0.233. The number of benzene rings is 3. The molecule has 3 aromatic rings. The fraction of sp³-hybridized carbons (Fsp3) is 0.355. The first kappa shape index (κ1) is 31.5. The van der Waals surface area contributed by atoms with Crippen molar-refractivity contribution >= 4 is 33.2 Å². The van der Waals surface area contributed by atoms with Gasteiger partial charge in [-0.15, -0.1) is 0 Å². The molecule has 12 heteroatoms. The topological polar surface area (TPSA) is 139 Å². The predicted octanol–water partition coefficient (Wildman–Crippen LogP) is 4.66. The van der Waals surface area contributed by atoms with E-state index in [1.807, 2.05) is 0 Å². The molecule has 0 unspecified atom stereocenters. The Bertz CT molecular complexity index is 1530. The second kappa shape index (κ2) is 14.1. The zero-order valence-electron chi connectivity index (χ0n) is 24.2. The molecule has 2 amide bonds. The van der Waals surface area contributed by atoms with Crippen molar-refractivity contribution in [1.82, 2.24) is 10.2 Å². The van der Waals surface area contributed by atoms with Crippen LogP contribution in [-0.2, 0) is 26.2 Å². The Labute approximate surface area is 251 Å². The molecule has 1 aliphatic carbocycles. The number of nitrogens with one attached hydrogen (secondary N) is 1. The van der Waals surface area contributed by atoms with E-state index in [1.165, 1.54) is 48.4 Å². The number of nitrogens with zero attached hydrogens (tertiary/aromatic N) is 3. The minimum absolute atomic E-state index is 0.0209. The minimum Gasteiger partial charge on any atom is -0.497 e. The lowest BCUT2D eigenvalue weighted by molar-refractivity contribution is -0.384. The number of amides is 2. The summed E-state index contributed by atoms with van der Waals surface area (Å²) in [6.45, 7) is 1.01. The number of nitro benzene ring substituents is 1. The summed E-state index contributed by atoms with van der Waals surface area (Å²) in [6.07, 6.45) is 4.90. The summed E-state index contributed by atoms with van der Waals surface area (Å²) in [5.74, 6) is -0.369. The molecular weight excluding hydrogens is 572 g/mol. The average molecular weight is 609 g/mol. The van der Waals surface area contributed by atoms with Gasteiger partial charge in [-0.3, -0.25) is 24.0 Å². The van der Waals surface area contributed by atoms with Gasteiger partial charge >= 0.3 is 0 Å². The molecule has 4 rings (SSSR count). The van der Waals surface area contributed by atoms with E-state index in [9.17, 15) is 28.1 Å². The number of sulfonamides is 1. The van der Waals surface area contributed by atoms with Gasteiger partial charge in [-0.05, 0) is 61.7 Å². The zero-order chi connectivity index (χ0) is 31.0. The van der Waals surface area contributed by atoms with Crippen molar-refractivity contribution in [2.24, 2.45) is 0 Å². The number of carbonyl (C=O) groups is 2. The number of anilines is 1. The van der Waals surface area contributed by atoms with E-state index in [-0.39, 0.29) is 34.8 Å². The van der Waals surface area contributed by atoms with E-state index in [2.05, 4.69) is 5.32 Å². The zero-order valence-corrected chi connectivity index (χ0v) is 25.0. The van der Waals surface area contributed by atoms with Crippen LogP contribution < -0.4 is 14.4 Å². The van der Waals surface area contributed by atoms with Crippen molar-refractivity contribution in [2.75, 3.05) is 18.0 Å². The molecule has 0 aromatic heterocycles. The molecule has 1 aliphatic rings. The molecule has 0 aliphatic heterocycles. The Kier molecular flexibility index (Phi) is 10.4. The lowest BCUT2D eigenvalue weighted by atomic mass is 9.95. The van der Waals surface area contributed by atoms with E-state index in [4.69, 9.17) is 4.74 Å². The van der Waals surface area contributed by atoms with Crippen LogP contribution in [0.3, 0.4) is 0 Å². The highest BCUT2D eigenvalue weighted by molar-refractivity contribution is 7.92. The van der Waals surface area contributed by atoms with E-state index >= 15 is 0 Å². The molecule has 1 saturated carbocycles. The molecule has 0 saturated heterocycles. The van der Waals surface area contributed by atoms with Gasteiger partial charge in [-0.25, -0.2) is 8.42 Å². The van der Waals surface area contributed by atoms with E-state index in [1.54, 1.807) is 49.4 Å². The Morgan fingerprint density at radius 2 is 1.67 bits per heavy atom. The van der Waals surface area contributed by atoms with Gasteiger partial charge in [-0.2, -0.15) is 0 Å². The largest absolute Gasteiger partial charge is 0.497 e. The maximum absolute atomic E-state index is 14.1. The molecule has 1 atom stereocenters. The SMILES string of the molecule is COc1cccc(CN(C(=O)CN(c2ccc([N+](=O)[O-])cc2)S(=O)(=O)c2ccccc2)[C@H](C)C(=O)NC2CCCCC2)c1. The van der Waals surface area contributed by atoms with Gasteiger partial charge in [0.25, 0.3) is 15.7 Å². The summed E-state index contributed by atoms with van der Waals surface area (Å²) >= 11 is 0. The molecule has 0 bridgehead atoms. The smallest absolute Gasteiger partial charge is 0.269 e. The average Bonchev–Trinajstić information content (AvgIpc) is 3.03. The van der Waals surface area contributed by atoms with Crippen molar-refractivity contribution in [3.05, 3.63) is 94.5 Å². The third-order valence-corrected chi connectivity index (χ3v) is 9.35. The van der Waals surface area contributed by atoms with Crippen LogP contribution >= 0.6 is 0 Å². The van der Waals surface area contributed by atoms with Crippen molar-refractivity contribution in [2.45, 2.75) is 62.6 Å². The van der Waals surface area contributed by atoms with Gasteiger partial charge in [0, 0.05) is 24.7 Å². The maximum Gasteiger partial charge on any atom is 0.269 e. The number of ether oxygens (including phenoxy) is 1. The van der Waals surface area contributed by atoms with Crippen LogP contribution in [0.4, 0.5) is 11.4 Å². The van der Waals surface area contributed by atoms with Crippen molar-refractivity contribution in [1.29, 1.82) is 0 Å². The second-order valence-electron chi connectivity index (χ2n) is 10.5. The third kappa shape index (κ3) is 7.89. The second-order valence-corrected chi connectivity index (χ2v) is 12.4. The minimum atomic E-state index is -4.27. The molecule has 1 fully saturated rings. The fourth-order valence-electron chi connectivity index (χ4n) is 5.11. The number of methoxy groups -OCH3 is 1. The summed E-state index contributed by atoms with van der Waals surface area (Å²) in [7, 11) is -2.75. The number of rotatable bonds is 12. The Morgan fingerprint density at radius 1 is 1.00 bits per heavy atom. The van der Waals surface area contributed by atoms with Gasteiger partial charge in [0.05, 0.1) is 22.6 Å². The molecule has 0 spiro atoms. The Morgan fingerprint density at radius 3 is 2.30 bits per heavy atom. The maximum atomic E-state index is 14.1. The summed E-state index contributed by atoms with van der Waals surface area (Å²) < 4.78 is 33.9. The molecule has 0 radical (unpaired) electrons. The summed E-state index contributed by atoms with van der Waals surface area (Å²) in [6, 6.07) is 18.7. The van der Waals surface area contributed by atoms with Crippen molar-refractivity contribution < 1.29 is 27.7 Å². The number of carbonyl (C=O) groups excluding carboxylic acids is 2. The first-order valence-electron chi connectivity index (χ1n) is 14.1. The van der Waals surface area contributed by atoms with Gasteiger partial charge in [0.1, 0.15) is 18.3 Å². The Hall–Kier alpha value is -4.45. The highest BCUT2D eigenvalue weighted by Crippen LogP contribution is 2.27. The van der Waals surface area contributed by atoms with Crippen LogP contribution in [0.2, 0.25) is 0 Å². The van der Waals surface area contributed by atoms with E-state index < -0.39 is 33.4 Å². The lowest BCUT2D eigenvalue weighted by Gasteiger charge is -2.33. The fourth-order valence-corrected chi connectivity index (χ4v) is 6.54. The molecule has 43 heavy (non-hydrogen) atoms. The molecule has 0 heterocycles. The van der Waals surface area contributed by atoms with Crippen molar-refractivity contribution in [3.63, 3.8) is 0 Å². The predicted molar refractivity (Wildman–Crippen MR) is 162 cm³/mol. The summed E-state index contributed by atoms with van der Waals surface area (Å²) in [5, 5.41) is 14.3. The number of nitro groups is 1. The molecule has 3 aromatic carbocycles. The van der Waals surface area contributed by atoms with Crippen molar-refractivity contribution in [3.8, 4) is 5.75 Å². The van der Waals surface area contributed by atoms with Crippen LogP contribution in [0.15, 0.2) is 83.8 Å². The summed E-state index contributed by atoms with van der Waals surface area (Å²) in [4.78, 5) is 39.4. The van der Waals surface area contributed by atoms with Gasteiger partial charge < -0.3 is 15.0 Å². The van der Waals surface area contributed by atoms with E-state index in [0.717, 1.165) is 36.4 Å². The van der Waals surface area contributed by atoms with Gasteiger partial charge in [-0.1, -0.05) is 49.6 Å². The monoisotopic (exact) mass is 608 g/mol. The Balaban J connectivity index is 1.69. The van der Waals surface area contributed by atoms with Crippen LogP contribution in [0, 0.1) is 10.1 Å². The number of hydrogen-bond acceptors (Lipinski definition) is 7. The highest BCUT2D eigenvalue weighted by atomic mass is 32.2. The molecule has 228 valence electrons. The standard InChI is InChI=1S/C31H36N4O7S/c1-23(31(37)32-25-11-5-3-6-12-25)33(21-24-10-9-13-28(20-24)42-2)30(36)22-34(26-16-18-27(19-17-26)35(38)39)43(40,41)29-14-7-4-8-15-29/h4,7-10,13-20,23,25H,3,5-6,11-12,21-22H2,1-2H3,(H,32,37)/t23-/m1/s1. The van der Waals surface area contributed by atoms with E-state index in [0.29, 0.717) is 11.3 Å². The molecular formula is C31H36N4O7S. The normalized spacial score (nSPS) is 14.4. The molecule has 11 nitrogen and oxygen atoms in total. The lowest BCUT2D eigenvalue weighted by Crippen LogP contribution is -2.53. The van der Waals surface area contributed by atoms with Crippen LogP contribution in [0.25, 0.3) is 0 Å². The number of non-ortho nitro benzene ring substituents is 1. The van der Waals surface area contributed by atoms with Crippen LogP contribution in [0.5, 0.6) is 5.75 Å². The highest BCUT2D eigenvalue weighted by Gasteiger charge is 2.33. The first-order chi connectivity index (χ1) is 20.6. The van der Waals surface area contributed by atoms with Gasteiger partial charge in [0.2, 0.25) is 11.8 Å². The third-order valence-electron chi connectivity index (χ3n) is 7.56. The summed E-state index contributed by atoms with van der Waals surface area (Å²) in [5.41, 5.74) is 0.543. The van der Waals surface area contributed by atoms with Gasteiger partial charge in [0.15, 0.2) is 0 Å². The number of hydrogen-bond donors (Lipinski definition) is 1. The molecule has 1 N–H and O–H groups in total. The van der Waals surface area contributed by atoms with Crippen LogP contribution in [0.1, 0.15) is 44.6 Å².